The molecule has 0 bridgehead atoms. The lowest BCUT2D eigenvalue weighted by molar-refractivity contribution is -0.113. The molecule has 6 heteroatoms. The molecule has 0 unspecified atom stereocenters. The number of anilines is 1. The van der Waals surface area contributed by atoms with Crippen molar-refractivity contribution in [2.24, 2.45) is 0 Å². The average molecular weight is 376 g/mol. The van der Waals surface area contributed by atoms with Gasteiger partial charge in [0.1, 0.15) is 17.2 Å². The number of allylic oxidation sites excluding steroid dienone is 1. The molecular weight excluding hydrogens is 356 g/mol. The second-order valence-electron chi connectivity index (χ2n) is 5.98. The van der Waals surface area contributed by atoms with Crippen LogP contribution in [0.2, 0.25) is 0 Å². The van der Waals surface area contributed by atoms with E-state index >= 15 is 0 Å². The number of rotatable bonds is 6. The molecule has 0 aliphatic heterocycles. The molecule has 0 aliphatic carbocycles. The predicted molar refractivity (Wildman–Crippen MR) is 107 cm³/mol. The summed E-state index contributed by atoms with van der Waals surface area (Å²) in [5, 5.41) is 5.49. The van der Waals surface area contributed by atoms with E-state index in [-0.39, 0.29) is 11.6 Å². The molecule has 0 saturated carbocycles. The van der Waals surface area contributed by atoms with E-state index in [1.165, 1.54) is 6.26 Å². The van der Waals surface area contributed by atoms with Crippen molar-refractivity contribution in [2.75, 3.05) is 12.4 Å². The number of ether oxygens (including phenoxy) is 1. The number of carbonyl (C=O) groups is 2. The standard InChI is InChI=1S/C22H20N2O4/c1-15(19-9-6-14-28-19)20(24-21(25)16-7-4-3-5-8-16)22(26)23-17-10-12-18(27-2)13-11-17/h3-14H,1-2H3,(H,23,26)(H,24,25)/b20-15-. The van der Waals surface area contributed by atoms with Gasteiger partial charge in [0.15, 0.2) is 0 Å². The number of methoxy groups -OCH3 is 1. The molecule has 142 valence electrons. The van der Waals surface area contributed by atoms with Crippen molar-refractivity contribution >= 4 is 23.1 Å². The quantitative estimate of drug-likeness (QED) is 0.635. The van der Waals surface area contributed by atoms with Crippen LogP contribution in [0.5, 0.6) is 5.75 Å². The van der Waals surface area contributed by atoms with E-state index in [0.717, 1.165) is 0 Å². The summed E-state index contributed by atoms with van der Waals surface area (Å²) in [5.41, 5.74) is 1.65. The Kier molecular flexibility index (Phi) is 5.91. The summed E-state index contributed by atoms with van der Waals surface area (Å²) >= 11 is 0. The third kappa shape index (κ3) is 4.48. The van der Waals surface area contributed by atoms with Crippen molar-refractivity contribution < 1.29 is 18.7 Å². The van der Waals surface area contributed by atoms with E-state index in [1.807, 2.05) is 6.07 Å². The van der Waals surface area contributed by atoms with Crippen LogP contribution >= 0.6 is 0 Å². The Bertz CT molecular complexity index is 975. The van der Waals surface area contributed by atoms with Gasteiger partial charge in [-0.1, -0.05) is 18.2 Å². The first-order chi connectivity index (χ1) is 13.6. The molecule has 0 atom stereocenters. The first-order valence-corrected chi connectivity index (χ1v) is 8.65. The second-order valence-corrected chi connectivity index (χ2v) is 5.98. The van der Waals surface area contributed by atoms with Gasteiger partial charge in [0.2, 0.25) is 0 Å². The number of hydrogen-bond donors (Lipinski definition) is 2. The number of hydrogen-bond acceptors (Lipinski definition) is 4. The molecule has 1 aromatic heterocycles. The Balaban J connectivity index is 1.88. The highest BCUT2D eigenvalue weighted by molar-refractivity contribution is 6.12. The topological polar surface area (TPSA) is 80.6 Å². The monoisotopic (exact) mass is 376 g/mol. The fourth-order valence-electron chi connectivity index (χ4n) is 2.58. The van der Waals surface area contributed by atoms with Crippen molar-refractivity contribution in [1.82, 2.24) is 5.32 Å². The van der Waals surface area contributed by atoms with E-state index in [0.29, 0.717) is 28.3 Å². The van der Waals surface area contributed by atoms with Gasteiger partial charge in [0.05, 0.1) is 13.4 Å². The normalized spacial score (nSPS) is 11.4. The maximum Gasteiger partial charge on any atom is 0.272 e. The van der Waals surface area contributed by atoms with Gasteiger partial charge < -0.3 is 19.8 Å². The number of furan rings is 1. The van der Waals surface area contributed by atoms with Gasteiger partial charge in [-0.15, -0.1) is 0 Å². The zero-order valence-corrected chi connectivity index (χ0v) is 15.6. The van der Waals surface area contributed by atoms with E-state index in [4.69, 9.17) is 9.15 Å². The van der Waals surface area contributed by atoms with Crippen molar-refractivity contribution in [1.29, 1.82) is 0 Å². The third-order valence-electron chi connectivity index (χ3n) is 4.12. The molecular formula is C22H20N2O4. The first-order valence-electron chi connectivity index (χ1n) is 8.65. The Morgan fingerprint density at radius 3 is 2.25 bits per heavy atom. The molecule has 0 saturated heterocycles. The van der Waals surface area contributed by atoms with E-state index in [1.54, 1.807) is 74.7 Å². The molecule has 2 N–H and O–H groups in total. The van der Waals surface area contributed by atoms with Crippen LogP contribution in [0.3, 0.4) is 0 Å². The van der Waals surface area contributed by atoms with E-state index in [2.05, 4.69) is 10.6 Å². The van der Waals surface area contributed by atoms with E-state index in [9.17, 15) is 9.59 Å². The lowest BCUT2D eigenvalue weighted by atomic mass is 10.1. The Morgan fingerprint density at radius 1 is 0.929 bits per heavy atom. The summed E-state index contributed by atoms with van der Waals surface area (Å²) in [6, 6.07) is 19.0. The summed E-state index contributed by atoms with van der Waals surface area (Å²) in [5.74, 6) is 0.334. The van der Waals surface area contributed by atoms with Gasteiger partial charge >= 0.3 is 0 Å². The maximum absolute atomic E-state index is 12.9. The van der Waals surface area contributed by atoms with Crippen molar-refractivity contribution in [2.45, 2.75) is 6.92 Å². The molecule has 3 aromatic rings. The summed E-state index contributed by atoms with van der Waals surface area (Å²) in [4.78, 5) is 25.5. The molecule has 1 heterocycles. The Labute approximate surface area is 162 Å². The zero-order chi connectivity index (χ0) is 19.9. The molecule has 0 fully saturated rings. The Morgan fingerprint density at radius 2 is 1.64 bits per heavy atom. The predicted octanol–water partition coefficient (Wildman–Crippen LogP) is 4.09. The summed E-state index contributed by atoms with van der Waals surface area (Å²) in [7, 11) is 1.57. The summed E-state index contributed by atoms with van der Waals surface area (Å²) in [6.45, 7) is 1.72. The van der Waals surface area contributed by atoms with Crippen LogP contribution in [-0.2, 0) is 4.79 Å². The third-order valence-corrected chi connectivity index (χ3v) is 4.12. The van der Waals surface area contributed by atoms with Crippen LogP contribution in [0.25, 0.3) is 5.57 Å². The van der Waals surface area contributed by atoms with Gasteiger partial charge in [-0.05, 0) is 55.5 Å². The number of amides is 2. The second kappa shape index (κ2) is 8.73. The fraction of sp³-hybridized carbons (Fsp3) is 0.0909. The van der Waals surface area contributed by atoms with Gasteiger partial charge in [0.25, 0.3) is 11.8 Å². The van der Waals surface area contributed by atoms with Crippen LogP contribution in [0.4, 0.5) is 5.69 Å². The van der Waals surface area contributed by atoms with Gasteiger partial charge in [0, 0.05) is 16.8 Å². The first kappa shape index (κ1) is 19.0. The summed E-state index contributed by atoms with van der Waals surface area (Å²) < 4.78 is 10.5. The molecule has 3 rings (SSSR count). The highest BCUT2D eigenvalue weighted by Crippen LogP contribution is 2.20. The number of benzene rings is 2. The molecule has 28 heavy (non-hydrogen) atoms. The minimum absolute atomic E-state index is 0.111. The SMILES string of the molecule is COc1ccc(NC(=O)/C(NC(=O)c2ccccc2)=C(\C)c2ccco2)cc1. The van der Waals surface area contributed by atoms with E-state index < -0.39 is 5.91 Å². The van der Waals surface area contributed by atoms with Gasteiger partial charge in [-0.2, -0.15) is 0 Å². The lowest BCUT2D eigenvalue weighted by Crippen LogP contribution is -2.31. The van der Waals surface area contributed by atoms with Crippen LogP contribution in [0.1, 0.15) is 23.0 Å². The van der Waals surface area contributed by atoms with Crippen molar-refractivity contribution in [3.05, 3.63) is 90.0 Å². The summed E-state index contributed by atoms with van der Waals surface area (Å²) in [6.07, 6.45) is 1.51. The van der Waals surface area contributed by atoms with Gasteiger partial charge in [-0.3, -0.25) is 9.59 Å². The largest absolute Gasteiger partial charge is 0.497 e. The minimum Gasteiger partial charge on any atom is -0.497 e. The lowest BCUT2D eigenvalue weighted by Gasteiger charge is -2.14. The van der Waals surface area contributed by atoms with Crippen molar-refractivity contribution in [3.63, 3.8) is 0 Å². The van der Waals surface area contributed by atoms with Crippen molar-refractivity contribution in [3.8, 4) is 5.75 Å². The highest BCUT2D eigenvalue weighted by atomic mass is 16.5. The van der Waals surface area contributed by atoms with Crippen LogP contribution in [-0.4, -0.2) is 18.9 Å². The molecule has 6 nitrogen and oxygen atoms in total. The fourth-order valence-corrected chi connectivity index (χ4v) is 2.58. The zero-order valence-electron chi connectivity index (χ0n) is 15.6. The minimum atomic E-state index is -0.455. The molecule has 0 radical (unpaired) electrons. The average Bonchev–Trinajstić information content (AvgIpc) is 3.27. The maximum atomic E-state index is 12.9. The molecule has 0 aliphatic rings. The molecule has 2 amide bonds. The highest BCUT2D eigenvalue weighted by Gasteiger charge is 2.19. The van der Waals surface area contributed by atoms with Crippen LogP contribution in [0, 0.1) is 0 Å². The Hall–Kier alpha value is -3.80. The molecule has 0 spiro atoms. The molecule has 2 aromatic carbocycles. The smallest absolute Gasteiger partial charge is 0.272 e. The van der Waals surface area contributed by atoms with Crippen LogP contribution < -0.4 is 15.4 Å². The van der Waals surface area contributed by atoms with Crippen LogP contribution in [0.15, 0.2) is 83.1 Å². The number of carbonyl (C=O) groups excluding carboxylic acids is 2. The number of nitrogens with one attached hydrogen (secondary N) is 2. The van der Waals surface area contributed by atoms with Gasteiger partial charge in [-0.25, -0.2) is 0 Å².